The monoisotopic (exact) mass is 221 g/mol. The summed E-state index contributed by atoms with van der Waals surface area (Å²) in [5.74, 6) is 0. The van der Waals surface area contributed by atoms with E-state index in [1.54, 1.807) is 0 Å². The molecule has 0 radical (unpaired) electrons. The molecule has 90 valence electrons. The minimum Gasteiger partial charge on any atom is -0.378 e. The molecule has 0 aliphatic rings. The Kier molecular flexibility index (Phi) is 4.77. The maximum Gasteiger partial charge on any atom is 0.0466 e. The van der Waals surface area contributed by atoms with Gasteiger partial charge in [0.1, 0.15) is 0 Å². The smallest absolute Gasteiger partial charge is 0.0466 e. The summed E-state index contributed by atoms with van der Waals surface area (Å²) >= 11 is 0. The van der Waals surface area contributed by atoms with Crippen molar-refractivity contribution in [3.05, 3.63) is 29.8 Å². The summed E-state index contributed by atoms with van der Waals surface area (Å²) < 4.78 is 0. The van der Waals surface area contributed by atoms with Crippen molar-refractivity contribution in [3.8, 4) is 0 Å². The molecule has 3 heteroatoms. The van der Waals surface area contributed by atoms with Crippen LogP contribution in [0, 0.1) is 0 Å². The van der Waals surface area contributed by atoms with Crippen LogP contribution in [-0.2, 0) is 0 Å². The molecule has 1 unspecified atom stereocenters. The molecular weight excluding hydrogens is 198 g/mol. The Morgan fingerprint density at radius 1 is 1.06 bits per heavy atom. The third-order valence-electron chi connectivity index (χ3n) is 2.82. The molecule has 0 aliphatic carbocycles. The quantitative estimate of drug-likeness (QED) is 0.814. The third kappa shape index (κ3) is 3.22. The summed E-state index contributed by atoms with van der Waals surface area (Å²) in [6.45, 7) is 0.967. The van der Waals surface area contributed by atoms with Gasteiger partial charge in [0.05, 0.1) is 0 Å². The van der Waals surface area contributed by atoms with Gasteiger partial charge in [-0.1, -0.05) is 12.1 Å². The Morgan fingerprint density at radius 3 is 2.00 bits per heavy atom. The van der Waals surface area contributed by atoms with Crippen LogP contribution in [-0.4, -0.2) is 46.7 Å². The summed E-state index contributed by atoms with van der Waals surface area (Å²) in [4.78, 5) is 4.35. The molecule has 1 aromatic rings. The molecule has 0 aliphatic heterocycles. The van der Waals surface area contributed by atoms with Crippen molar-refractivity contribution in [1.82, 2.24) is 10.2 Å². The topological polar surface area (TPSA) is 18.5 Å². The van der Waals surface area contributed by atoms with Gasteiger partial charge in [-0.2, -0.15) is 0 Å². The van der Waals surface area contributed by atoms with Crippen LogP contribution in [0.1, 0.15) is 11.6 Å². The number of hydrogen-bond acceptors (Lipinski definition) is 3. The first-order chi connectivity index (χ1) is 7.56. The van der Waals surface area contributed by atoms with Gasteiger partial charge in [0.25, 0.3) is 0 Å². The second-order valence-electron chi connectivity index (χ2n) is 4.52. The van der Waals surface area contributed by atoms with E-state index in [-0.39, 0.29) is 0 Å². The SMILES string of the molecule is CNCC(c1ccc(N(C)C)cc1)N(C)C. The molecule has 1 atom stereocenters. The Hall–Kier alpha value is -1.06. The molecule has 0 heterocycles. The fourth-order valence-electron chi connectivity index (χ4n) is 1.79. The minimum absolute atomic E-state index is 0.432. The molecule has 0 spiro atoms. The van der Waals surface area contributed by atoms with Crippen LogP contribution >= 0.6 is 0 Å². The highest BCUT2D eigenvalue weighted by molar-refractivity contribution is 5.46. The van der Waals surface area contributed by atoms with E-state index in [0.29, 0.717) is 6.04 Å². The summed E-state index contributed by atoms with van der Waals surface area (Å²) in [5, 5.41) is 3.23. The van der Waals surface area contributed by atoms with Crippen molar-refractivity contribution < 1.29 is 0 Å². The number of hydrogen-bond donors (Lipinski definition) is 1. The van der Waals surface area contributed by atoms with E-state index in [4.69, 9.17) is 0 Å². The van der Waals surface area contributed by atoms with Crippen molar-refractivity contribution in [2.24, 2.45) is 0 Å². The fourth-order valence-corrected chi connectivity index (χ4v) is 1.79. The van der Waals surface area contributed by atoms with Gasteiger partial charge in [-0.3, -0.25) is 0 Å². The Labute approximate surface area is 99.1 Å². The van der Waals surface area contributed by atoms with Crippen LogP contribution in [0.5, 0.6) is 0 Å². The normalized spacial score (nSPS) is 12.9. The van der Waals surface area contributed by atoms with Gasteiger partial charge < -0.3 is 15.1 Å². The molecule has 1 rings (SSSR count). The maximum atomic E-state index is 3.23. The highest BCUT2D eigenvalue weighted by atomic mass is 15.1. The number of nitrogens with zero attached hydrogens (tertiary/aromatic N) is 2. The zero-order valence-corrected chi connectivity index (χ0v) is 11.0. The standard InChI is InChI=1S/C13H23N3/c1-14-10-13(16(4)5)11-6-8-12(9-7-11)15(2)3/h6-9,13-14H,10H2,1-5H3. The lowest BCUT2D eigenvalue weighted by atomic mass is 10.1. The molecule has 0 fully saturated rings. The number of likely N-dealkylation sites (N-methyl/N-ethyl adjacent to an activating group) is 2. The third-order valence-corrected chi connectivity index (χ3v) is 2.82. The summed E-state index contributed by atoms with van der Waals surface area (Å²) in [7, 11) is 10.3. The van der Waals surface area contributed by atoms with E-state index in [0.717, 1.165) is 6.54 Å². The van der Waals surface area contributed by atoms with E-state index < -0.39 is 0 Å². The van der Waals surface area contributed by atoms with Crippen molar-refractivity contribution in [2.45, 2.75) is 6.04 Å². The van der Waals surface area contributed by atoms with Gasteiger partial charge in [-0.05, 0) is 38.8 Å². The van der Waals surface area contributed by atoms with E-state index >= 15 is 0 Å². The second kappa shape index (κ2) is 5.87. The predicted octanol–water partition coefficient (Wildman–Crippen LogP) is 1.57. The van der Waals surface area contributed by atoms with Gasteiger partial charge in [0, 0.05) is 32.4 Å². The molecule has 0 bridgehead atoms. The van der Waals surface area contributed by atoms with Crippen molar-refractivity contribution in [2.75, 3.05) is 46.7 Å². The molecule has 0 saturated heterocycles. The highest BCUT2D eigenvalue weighted by Gasteiger charge is 2.12. The Bertz CT molecular complexity index is 303. The van der Waals surface area contributed by atoms with Crippen LogP contribution in [0.25, 0.3) is 0 Å². The summed E-state index contributed by atoms with van der Waals surface area (Å²) in [6, 6.07) is 9.18. The Balaban J connectivity index is 2.85. The molecule has 0 amide bonds. The van der Waals surface area contributed by atoms with E-state index in [1.165, 1.54) is 11.3 Å². The van der Waals surface area contributed by atoms with Crippen LogP contribution < -0.4 is 10.2 Å². The first-order valence-electron chi connectivity index (χ1n) is 5.64. The van der Waals surface area contributed by atoms with Crippen molar-refractivity contribution in [3.63, 3.8) is 0 Å². The average Bonchev–Trinajstić information content (AvgIpc) is 2.25. The molecular formula is C13H23N3. The molecule has 1 N–H and O–H groups in total. The number of anilines is 1. The van der Waals surface area contributed by atoms with E-state index in [2.05, 4.69) is 67.6 Å². The van der Waals surface area contributed by atoms with Gasteiger partial charge in [-0.25, -0.2) is 0 Å². The van der Waals surface area contributed by atoms with Crippen LogP contribution in [0.2, 0.25) is 0 Å². The summed E-state index contributed by atoms with van der Waals surface area (Å²) in [6.07, 6.45) is 0. The van der Waals surface area contributed by atoms with Crippen molar-refractivity contribution >= 4 is 5.69 Å². The number of nitrogens with one attached hydrogen (secondary N) is 1. The van der Waals surface area contributed by atoms with Gasteiger partial charge in [0.2, 0.25) is 0 Å². The first-order valence-corrected chi connectivity index (χ1v) is 5.64. The largest absolute Gasteiger partial charge is 0.378 e. The maximum absolute atomic E-state index is 3.23. The lowest BCUT2D eigenvalue weighted by Crippen LogP contribution is -2.29. The first kappa shape index (κ1) is 13.0. The molecule has 0 aromatic heterocycles. The average molecular weight is 221 g/mol. The van der Waals surface area contributed by atoms with Gasteiger partial charge in [0.15, 0.2) is 0 Å². The van der Waals surface area contributed by atoms with Crippen LogP contribution in [0.4, 0.5) is 5.69 Å². The Morgan fingerprint density at radius 2 is 1.62 bits per heavy atom. The van der Waals surface area contributed by atoms with E-state index in [1.807, 2.05) is 7.05 Å². The molecule has 1 aromatic carbocycles. The van der Waals surface area contributed by atoms with Crippen LogP contribution in [0.15, 0.2) is 24.3 Å². The molecule has 16 heavy (non-hydrogen) atoms. The zero-order valence-electron chi connectivity index (χ0n) is 11.0. The molecule has 3 nitrogen and oxygen atoms in total. The predicted molar refractivity (Wildman–Crippen MR) is 71.1 cm³/mol. The number of rotatable bonds is 5. The van der Waals surface area contributed by atoms with Gasteiger partial charge in [-0.15, -0.1) is 0 Å². The summed E-state index contributed by atoms with van der Waals surface area (Å²) in [5.41, 5.74) is 2.59. The van der Waals surface area contributed by atoms with Crippen LogP contribution in [0.3, 0.4) is 0 Å². The zero-order chi connectivity index (χ0) is 12.1. The van der Waals surface area contributed by atoms with Crippen molar-refractivity contribution in [1.29, 1.82) is 0 Å². The fraction of sp³-hybridized carbons (Fsp3) is 0.538. The van der Waals surface area contributed by atoms with Gasteiger partial charge >= 0.3 is 0 Å². The lowest BCUT2D eigenvalue weighted by Gasteiger charge is -2.25. The van der Waals surface area contributed by atoms with E-state index in [9.17, 15) is 0 Å². The lowest BCUT2D eigenvalue weighted by molar-refractivity contribution is 0.294. The second-order valence-corrected chi connectivity index (χ2v) is 4.52. The number of benzene rings is 1. The minimum atomic E-state index is 0.432. The molecule has 0 saturated carbocycles. The highest BCUT2D eigenvalue weighted by Crippen LogP contribution is 2.20.